The number of methoxy groups -OCH3 is 1. The molecule has 0 spiro atoms. The number of para-hydroxylation sites is 1. The monoisotopic (exact) mass is 466 g/mol. The van der Waals surface area contributed by atoms with Crippen molar-refractivity contribution in [2.45, 2.75) is 18.9 Å². The van der Waals surface area contributed by atoms with Gasteiger partial charge in [-0.15, -0.1) is 6.42 Å². The van der Waals surface area contributed by atoms with Gasteiger partial charge in [-0.3, -0.25) is 0 Å². The number of ether oxygens (including phenoxy) is 1. The minimum Gasteiger partial charge on any atom is -0.465 e. The molecule has 11 heteroatoms. The quantitative estimate of drug-likeness (QED) is 0.423. The zero-order valence-corrected chi connectivity index (χ0v) is 18.5. The fourth-order valence-electron chi connectivity index (χ4n) is 2.96. The van der Waals surface area contributed by atoms with Gasteiger partial charge >= 0.3 is 5.97 Å². The van der Waals surface area contributed by atoms with Crippen LogP contribution < -0.4 is 4.31 Å². The summed E-state index contributed by atoms with van der Waals surface area (Å²) in [6.45, 7) is 3.02. The number of carbonyl (C=O) groups excluding carboxylic acids is 1. The highest BCUT2D eigenvalue weighted by Crippen LogP contribution is 2.37. The third kappa shape index (κ3) is 3.58. The van der Waals surface area contributed by atoms with Gasteiger partial charge in [-0.2, -0.15) is 13.5 Å². The van der Waals surface area contributed by atoms with Crippen LogP contribution in [0.25, 0.3) is 5.65 Å². The van der Waals surface area contributed by atoms with Gasteiger partial charge in [-0.1, -0.05) is 35.2 Å². The maximum atomic E-state index is 13.6. The van der Waals surface area contributed by atoms with Gasteiger partial charge in [-0.05, 0) is 32.0 Å². The van der Waals surface area contributed by atoms with E-state index in [9.17, 15) is 13.2 Å². The number of aromatic nitrogens is 3. The predicted octanol–water partition coefficient (Wildman–Crippen LogP) is 3.27. The highest BCUT2D eigenvalue weighted by atomic mass is 35.5. The Hall–Kier alpha value is -2.80. The molecule has 3 rings (SSSR count). The van der Waals surface area contributed by atoms with Gasteiger partial charge in [0.25, 0.3) is 10.0 Å². The second kappa shape index (κ2) is 8.14. The average Bonchev–Trinajstić information content (AvgIpc) is 3.07. The molecule has 0 aliphatic heterocycles. The second-order valence-corrected chi connectivity index (χ2v) is 8.82. The minimum absolute atomic E-state index is 0.0208. The number of carbonyl (C=O) groups is 1. The Bertz CT molecular complexity index is 1290. The Balaban J connectivity index is 2.38. The van der Waals surface area contributed by atoms with Crippen molar-refractivity contribution >= 4 is 50.5 Å². The van der Waals surface area contributed by atoms with E-state index in [0.29, 0.717) is 11.4 Å². The van der Waals surface area contributed by atoms with E-state index < -0.39 is 27.6 Å². The standard InChI is InChI=1S/C19H16Cl2N4O4S/c1-5-9-24(16-13(20)7-6-8-14(16)21)30(27,28)18-15(19(26)29-4)17-22-11(2)10-12(3)25(17)23-18/h1,6-8,10H,9H2,2-4H3. The molecule has 8 nitrogen and oxygen atoms in total. The molecule has 156 valence electrons. The lowest BCUT2D eigenvalue weighted by Gasteiger charge is -2.23. The van der Waals surface area contributed by atoms with E-state index in [4.69, 9.17) is 34.4 Å². The van der Waals surface area contributed by atoms with Crippen LogP contribution in [0.15, 0.2) is 29.3 Å². The number of nitrogens with zero attached hydrogens (tertiary/aromatic N) is 4. The highest BCUT2D eigenvalue weighted by molar-refractivity contribution is 7.92. The van der Waals surface area contributed by atoms with Crippen LogP contribution in [0.4, 0.5) is 5.69 Å². The Morgan fingerprint density at radius 2 is 1.93 bits per heavy atom. The van der Waals surface area contributed by atoms with Crippen molar-refractivity contribution < 1.29 is 17.9 Å². The van der Waals surface area contributed by atoms with E-state index in [-0.39, 0.29) is 26.9 Å². The maximum absolute atomic E-state index is 13.6. The summed E-state index contributed by atoms with van der Waals surface area (Å²) in [7, 11) is -3.36. The topological polar surface area (TPSA) is 93.9 Å². The normalized spacial score (nSPS) is 11.3. The van der Waals surface area contributed by atoms with Crippen molar-refractivity contribution in [3.05, 3.63) is 51.3 Å². The molecule has 0 aliphatic carbocycles. The molecule has 1 aromatic carbocycles. The van der Waals surface area contributed by atoms with E-state index in [1.807, 2.05) is 0 Å². The molecular weight excluding hydrogens is 451 g/mol. The van der Waals surface area contributed by atoms with E-state index >= 15 is 0 Å². The summed E-state index contributed by atoms with van der Waals surface area (Å²) in [6.07, 6.45) is 5.41. The number of rotatable bonds is 5. The van der Waals surface area contributed by atoms with Crippen molar-refractivity contribution in [3.63, 3.8) is 0 Å². The fourth-order valence-corrected chi connectivity index (χ4v) is 5.17. The summed E-state index contributed by atoms with van der Waals surface area (Å²) in [5, 5.41) is 3.71. The van der Waals surface area contributed by atoms with Gasteiger partial charge in [0.05, 0.1) is 29.4 Å². The first-order valence-corrected chi connectivity index (χ1v) is 10.7. The summed E-state index contributed by atoms with van der Waals surface area (Å²) in [5.74, 6) is 1.37. The van der Waals surface area contributed by atoms with Crippen LogP contribution in [-0.4, -0.2) is 42.6 Å². The number of anilines is 1. The molecule has 2 aromatic heterocycles. The number of hydrogen-bond acceptors (Lipinski definition) is 6. The zero-order valence-electron chi connectivity index (χ0n) is 16.2. The number of sulfonamides is 1. The molecule has 0 radical (unpaired) electrons. The molecule has 2 heterocycles. The van der Waals surface area contributed by atoms with E-state index in [0.717, 1.165) is 11.4 Å². The molecule has 0 atom stereocenters. The largest absolute Gasteiger partial charge is 0.465 e. The highest BCUT2D eigenvalue weighted by Gasteiger charge is 2.37. The predicted molar refractivity (Wildman–Crippen MR) is 114 cm³/mol. The van der Waals surface area contributed by atoms with Gasteiger partial charge in [0.2, 0.25) is 5.03 Å². The third-order valence-corrected chi connectivity index (χ3v) is 6.49. The van der Waals surface area contributed by atoms with Crippen molar-refractivity contribution in [2.75, 3.05) is 18.0 Å². The van der Waals surface area contributed by atoms with Gasteiger partial charge in [0, 0.05) is 11.4 Å². The van der Waals surface area contributed by atoms with Gasteiger partial charge in [0.1, 0.15) is 5.56 Å². The Morgan fingerprint density at radius 1 is 1.30 bits per heavy atom. The first-order chi connectivity index (χ1) is 14.1. The zero-order chi connectivity index (χ0) is 22.2. The van der Waals surface area contributed by atoms with Crippen molar-refractivity contribution in [1.82, 2.24) is 14.6 Å². The Kier molecular flexibility index (Phi) is 5.94. The lowest BCUT2D eigenvalue weighted by molar-refractivity contribution is 0.0598. The number of esters is 1. The molecule has 0 unspecified atom stereocenters. The number of hydrogen-bond donors (Lipinski definition) is 0. The Labute approximate surface area is 183 Å². The molecule has 30 heavy (non-hydrogen) atoms. The number of fused-ring (bicyclic) bond motifs is 1. The summed E-state index contributed by atoms with van der Waals surface area (Å²) >= 11 is 12.4. The number of aryl methyl sites for hydroxylation is 2. The van der Waals surface area contributed by atoms with Crippen molar-refractivity contribution in [2.24, 2.45) is 0 Å². The van der Waals surface area contributed by atoms with Crippen LogP contribution in [-0.2, 0) is 14.8 Å². The summed E-state index contributed by atoms with van der Waals surface area (Å²) < 4.78 is 34.2. The average molecular weight is 467 g/mol. The molecule has 0 saturated carbocycles. The van der Waals surface area contributed by atoms with Crippen LogP contribution in [0.2, 0.25) is 10.0 Å². The molecule has 0 amide bonds. The third-order valence-electron chi connectivity index (χ3n) is 4.21. The molecule has 0 fully saturated rings. The first kappa shape index (κ1) is 21.9. The summed E-state index contributed by atoms with van der Waals surface area (Å²) in [6, 6.07) is 6.21. The molecule has 0 saturated heterocycles. The molecular formula is C19H16Cl2N4O4S. The van der Waals surface area contributed by atoms with Crippen LogP contribution in [0, 0.1) is 26.2 Å². The molecule has 0 aliphatic rings. The van der Waals surface area contributed by atoms with Crippen molar-refractivity contribution in [1.29, 1.82) is 0 Å². The van der Waals surface area contributed by atoms with Crippen molar-refractivity contribution in [3.8, 4) is 12.3 Å². The fraction of sp³-hybridized carbons (Fsp3) is 0.211. The van der Waals surface area contributed by atoms with E-state index in [1.165, 1.54) is 16.6 Å². The molecule has 3 aromatic rings. The second-order valence-electron chi connectivity index (χ2n) is 6.23. The van der Waals surface area contributed by atoms with E-state index in [2.05, 4.69) is 16.0 Å². The van der Waals surface area contributed by atoms with Gasteiger partial charge in [-0.25, -0.2) is 18.6 Å². The lowest BCUT2D eigenvalue weighted by atomic mass is 10.3. The van der Waals surface area contributed by atoms with Gasteiger partial charge in [0.15, 0.2) is 5.65 Å². The minimum atomic E-state index is -4.49. The van der Waals surface area contributed by atoms with E-state index in [1.54, 1.807) is 26.0 Å². The number of terminal acetylenes is 1. The van der Waals surface area contributed by atoms with Crippen LogP contribution in [0.3, 0.4) is 0 Å². The lowest BCUT2D eigenvalue weighted by Crippen LogP contribution is -2.33. The van der Waals surface area contributed by atoms with Gasteiger partial charge < -0.3 is 4.74 Å². The first-order valence-electron chi connectivity index (χ1n) is 8.49. The van der Waals surface area contributed by atoms with Crippen LogP contribution in [0.1, 0.15) is 21.7 Å². The van der Waals surface area contributed by atoms with Crippen LogP contribution >= 0.6 is 23.2 Å². The Morgan fingerprint density at radius 3 is 2.50 bits per heavy atom. The van der Waals surface area contributed by atoms with Crippen LogP contribution in [0.5, 0.6) is 0 Å². The SMILES string of the molecule is C#CCN(c1c(Cl)cccc1Cl)S(=O)(=O)c1nn2c(C)cc(C)nc2c1C(=O)OC. The molecule has 0 bridgehead atoms. The maximum Gasteiger partial charge on any atom is 0.344 e. The summed E-state index contributed by atoms with van der Waals surface area (Å²) in [5.41, 5.74) is 0.859. The molecule has 0 N–H and O–H groups in total. The number of halogens is 2. The smallest absolute Gasteiger partial charge is 0.344 e. The summed E-state index contributed by atoms with van der Waals surface area (Å²) in [4.78, 5) is 16.8. The number of benzene rings is 1.